The fourth-order valence-corrected chi connectivity index (χ4v) is 10.5. The number of rotatable bonds is 12. The first kappa shape index (κ1) is 45.8. The molecule has 1 spiro atoms. The number of ether oxygens (including phenoxy) is 3. The summed E-state index contributed by atoms with van der Waals surface area (Å²) < 4.78 is 18.7. The summed E-state index contributed by atoms with van der Waals surface area (Å²) in [4.78, 5) is 13.9. The lowest BCUT2D eigenvalue weighted by Gasteiger charge is -2.31. The van der Waals surface area contributed by atoms with Crippen molar-refractivity contribution in [2.45, 2.75) is 127 Å². The molecule has 6 bridgehead atoms. The molecule has 9 rings (SSSR count). The van der Waals surface area contributed by atoms with Crippen LogP contribution >= 0.6 is 0 Å². The van der Waals surface area contributed by atoms with Crippen LogP contribution in [0.25, 0.3) is 16.8 Å². The number of aliphatic hydroxyl groups excluding tert-OH is 3. The molecule has 6 N–H and O–H groups in total. The van der Waals surface area contributed by atoms with Crippen LogP contribution in [0.1, 0.15) is 129 Å². The molecule has 0 saturated heterocycles. The summed E-state index contributed by atoms with van der Waals surface area (Å²) in [5, 5.41) is 59.3. The highest BCUT2D eigenvalue weighted by molar-refractivity contribution is 6.01. The van der Waals surface area contributed by atoms with Gasteiger partial charge in [-0.25, -0.2) is 0 Å². The smallest absolute Gasteiger partial charge is 0.178 e. The Bertz CT molecular complexity index is 2540. The van der Waals surface area contributed by atoms with Gasteiger partial charge in [0.05, 0.1) is 18.6 Å². The van der Waals surface area contributed by atoms with Gasteiger partial charge in [0.1, 0.15) is 36.1 Å². The van der Waals surface area contributed by atoms with Crippen molar-refractivity contribution in [1.29, 1.82) is 0 Å². The number of ketones is 1. The summed E-state index contributed by atoms with van der Waals surface area (Å²) in [6.07, 6.45) is 18.3. The van der Waals surface area contributed by atoms with Crippen molar-refractivity contribution in [2.75, 3.05) is 19.0 Å². The largest absolute Gasteiger partial charge is 0.508 e. The van der Waals surface area contributed by atoms with Gasteiger partial charge in [0.15, 0.2) is 17.8 Å². The third kappa shape index (κ3) is 10.4. The molecule has 342 valence electrons. The molecule has 65 heavy (non-hydrogen) atoms. The number of carbonyl (C=O) groups excluding carboxylic acids is 1. The topological polar surface area (TPSA) is 158 Å². The van der Waals surface area contributed by atoms with Crippen LogP contribution in [0.3, 0.4) is 0 Å². The number of hydrogen-bond donors (Lipinski definition) is 6. The van der Waals surface area contributed by atoms with Gasteiger partial charge in [0, 0.05) is 47.7 Å². The fourth-order valence-electron chi connectivity index (χ4n) is 10.5. The van der Waals surface area contributed by atoms with Crippen molar-refractivity contribution in [3.8, 4) is 29.3 Å². The van der Waals surface area contributed by atoms with Crippen LogP contribution in [0, 0.1) is 23.9 Å². The minimum absolute atomic E-state index is 0.0114. The Morgan fingerprint density at radius 1 is 0.969 bits per heavy atom. The molecule has 0 radical (unpaired) electrons. The second-order valence-electron chi connectivity index (χ2n) is 18.6. The van der Waals surface area contributed by atoms with Gasteiger partial charge in [0.2, 0.25) is 0 Å². The lowest BCUT2D eigenvalue weighted by atomic mass is 9.73. The number of fused-ring (bicyclic) bond motifs is 8. The van der Waals surface area contributed by atoms with E-state index in [4.69, 9.17) is 14.2 Å². The van der Waals surface area contributed by atoms with Gasteiger partial charge in [-0.2, -0.15) is 0 Å². The van der Waals surface area contributed by atoms with Crippen molar-refractivity contribution in [3.63, 3.8) is 0 Å². The van der Waals surface area contributed by atoms with Crippen LogP contribution in [0.15, 0.2) is 84.7 Å². The Morgan fingerprint density at radius 2 is 1.80 bits per heavy atom. The van der Waals surface area contributed by atoms with Crippen LogP contribution in [-0.2, 0) is 34.4 Å². The molecule has 10 nitrogen and oxygen atoms in total. The Hall–Kier alpha value is -5.73. The predicted octanol–water partition coefficient (Wildman–Crippen LogP) is 10.1. The molecular weight excluding hydrogens is 819 g/mol. The highest BCUT2D eigenvalue weighted by Crippen LogP contribution is 2.52. The van der Waals surface area contributed by atoms with E-state index in [1.165, 1.54) is 5.56 Å². The molecule has 4 aromatic rings. The van der Waals surface area contributed by atoms with E-state index in [1.807, 2.05) is 48.6 Å². The molecule has 5 atom stereocenters. The van der Waals surface area contributed by atoms with E-state index in [0.29, 0.717) is 54.9 Å². The monoisotopic (exact) mass is 881 g/mol. The van der Waals surface area contributed by atoms with E-state index in [2.05, 4.69) is 48.6 Å². The summed E-state index contributed by atoms with van der Waals surface area (Å²) in [5.74, 6) is 4.85. The molecule has 5 aliphatic rings. The van der Waals surface area contributed by atoms with Crippen LogP contribution in [0.4, 0.5) is 5.69 Å². The Balaban J connectivity index is 1.12. The summed E-state index contributed by atoms with van der Waals surface area (Å²) in [5.41, 5.74) is 5.60. The van der Waals surface area contributed by atoms with Gasteiger partial charge >= 0.3 is 0 Å². The van der Waals surface area contributed by atoms with E-state index >= 15 is 0 Å². The zero-order valence-corrected chi connectivity index (χ0v) is 37.8. The van der Waals surface area contributed by atoms with Crippen LogP contribution in [0.2, 0.25) is 0 Å². The first-order chi connectivity index (χ1) is 31.4. The number of anilines is 1. The van der Waals surface area contributed by atoms with Crippen LogP contribution < -0.4 is 14.8 Å². The number of benzene rings is 4. The number of carbonyl (C=O) groups is 1. The van der Waals surface area contributed by atoms with Crippen molar-refractivity contribution >= 4 is 28.3 Å². The predicted molar refractivity (Wildman–Crippen MR) is 254 cm³/mol. The summed E-state index contributed by atoms with van der Waals surface area (Å²) >= 11 is 0. The molecule has 10 heteroatoms. The van der Waals surface area contributed by atoms with Gasteiger partial charge < -0.3 is 45.1 Å². The Morgan fingerprint density at radius 3 is 2.58 bits per heavy atom. The van der Waals surface area contributed by atoms with E-state index in [1.54, 1.807) is 26.2 Å². The standard InChI is InChI=1S/C55H63NO9/c1-34-13-19-44-48-33-65-51-26-37(15-20-50(51)63-3)14-17-42(59)29-43(28-39-27-41(58)18-16-38(39)11-5-4-9-36-10-8-12-40(25-36)56-32-35(2)57)64-24-23-55(21-6-7-22-55)53-47(30-46(48)54(61)62)52(44)45(34)31-49(53)60/h8,10,12-13,15-16,18-20,25-27,30-31,34-35,38-39,43,54,56-58,60-62H,4-7,9,11,14,17,21-22,28-29,32-33H2,1-3H3. The lowest BCUT2D eigenvalue weighted by Crippen LogP contribution is -2.25. The molecule has 4 aromatic carbocycles. The molecule has 1 saturated carbocycles. The molecular formula is C55H63NO9. The molecule has 1 fully saturated rings. The zero-order chi connectivity index (χ0) is 45.7. The summed E-state index contributed by atoms with van der Waals surface area (Å²) in [6, 6.07) is 17.6. The van der Waals surface area contributed by atoms with E-state index < -0.39 is 23.9 Å². The van der Waals surface area contributed by atoms with Crippen molar-refractivity contribution in [1.82, 2.24) is 0 Å². The first-order valence-electron chi connectivity index (χ1n) is 23.4. The van der Waals surface area contributed by atoms with Gasteiger partial charge in [-0.1, -0.05) is 62.6 Å². The highest BCUT2D eigenvalue weighted by atomic mass is 16.5. The average molecular weight is 882 g/mol. The number of methoxy groups -OCH3 is 1. The van der Waals surface area contributed by atoms with Gasteiger partial charge in [-0.05, 0) is 151 Å². The number of phenols is 1. The minimum atomic E-state index is -1.82. The number of Topliss-reactive ketones (excluding diaryl/α,β-unsaturated/α-hetero) is 1. The lowest BCUT2D eigenvalue weighted by molar-refractivity contribution is -0.121. The normalized spacial score (nSPS) is 21.8. The van der Waals surface area contributed by atoms with Gasteiger partial charge in [-0.3, -0.25) is 4.79 Å². The molecule has 2 heterocycles. The average Bonchev–Trinajstić information content (AvgIpc) is 3.76. The van der Waals surface area contributed by atoms with Crippen molar-refractivity contribution < 1.29 is 44.5 Å². The second kappa shape index (κ2) is 20.2. The molecule has 2 aliphatic heterocycles. The number of nitrogens with one attached hydrogen (secondary N) is 1. The van der Waals surface area contributed by atoms with Crippen LogP contribution in [0.5, 0.6) is 17.2 Å². The number of aliphatic hydroxyl groups is 4. The summed E-state index contributed by atoms with van der Waals surface area (Å²) in [7, 11) is 1.57. The van der Waals surface area contributed by atoms with E-state index in [9.17, 15) is 30.3 Å². The molecule has 0 aromatic heterocycles. The maximum atomic E-state index is 13.9. The zero-order valence-electron chi connectivity index (χ0n) is 37.8. The quantitative estimate of drug-likeness (QED) is 0.0460. The number of aromatic hydroxyl groups is 1. The number of aryl methyl sites for hydroxylation is 2. The van der Waals surface area contributed by atoms with E-state index in [0.717, 1.165) is 71.7 Å². The third-order valence-corrected chi connectivity index (χ3v) is 13.9. The Kier molecular flexibility index (Phi) is 14.2. The highest BCUT2D eigenvalue weighted by Gasteiger charge is 2.40. The number of hydrogen-bond acceptors (Lipinski definition) is 10. The maximum absolute atomic E-state index is 13.9. The van der Waals surface area contributed by atoms with Gasteiger partial charge in [0.25, 0.3) is 0 Å². The number of phenolic OH excluding ortho intramolecular Hbond substituents is 1. The first-order valence-corrected chi connectivity index (χ1v) is 23.4. The maximum Gasteiger partial charge on any atom is 0.178 e. The van der Waals surface area contributed by atoms with Crippen LogP contribution in [-0.4, -0.2) is 57.2 Å². The third-order valence-electron chi connectivity index (χ3n) is 13.9. The second-order valence-corrected chi connectivity index (χ2v) is 18.6. The van der Waals surface area contributed by atoms with Crippen molar-refractivity contribution in [2.24, 2.45) is 11.8 Å². The SMILES string of the molecule is COc1ccc2cc1OCc1c(C(O)O)cc3c(c(O)cc4c3c1C=CC4C)C1(C#COC(CC3C=C(O)C=CC3CCCCc3cccc(NCC(C)O)c3)CC(=O)CC2)CCCC1. The van der Waals surface area contributed by atoms with Gasteiger partial charge in [-0.15, -0.1) is 0 Å². The van der Waals surface area contributed by atoms with E-state index in [-0.39, 0.29) is 60.1 Å². The summed E-state index contributed by atoms with van der Waals surface area (Å²) in [6.45, 7) is 4.35. The molecule has 5 unspecified atom stereocenters. The van der Waals surface area contributed by atoms with Crippen molar-refractivity contribution in [3.05, 3.63) is 124 Å². The number of allylic oxidation sites excluding steroid dienone is 4. The Labute approximate surface area is 382 Å². The number of unbranched alkanes of at least 4 members (excludes halogenated alkanes) is 1. The molecule has 0 amide bonds. The molecule has 3 aliphatic carbocycles. The fraction of sp³-hybridized carbons (Fsp3) is 0.436. The minimum Gasteiger partial charge on any atom is -0.508 e.